The summed E-state index contributed by atoms with van der Waals surface area (Å²) in [5, 5.41) is 9.68. The zero-order valence-electron chi connectivity index (χ0n) is 30.8. The summed E-state index contributed by atoms with van der Waals surface area (Å²) in [6.07, 6.45) is -12.0. The van der Waals surface area contributed by atoms with Gasteiger partial charge in [0.25, 0.3) is 5.56 Å². The van der Waals surface area contributed by atoms with Crippen LogP contribution in [0, 0.1) is 6.92 Å². The van der Waals surface area contributed by atoms with E-state index in [9.17, 15) is 33.5 Å². The van der Waals surface area contributed by atoms with E-state index in [4.69, 9.17) is 38.0 Å². The van der Waals surface area contributed by atoms with Gasteiger partial charge in [0.05, 0.1) is 25.1 Å². The van der Waals surface area contributed by atoms with E-state index in [0.29, 0.717) is 27.1 Å². The monoisotopic (exact) mass is 895 g/mol. The van der Waals surface area contributed by atoms with Crippen LogP contribution in [-0.4, -0.2) is 95.0 Å². The summed E-state index contributed by atoms with van der Waals surface area (Å²) in [5.74, 6) is -0.706. The number of phenols is 1. The van der Waals surface area contributed by atoms with Crippen molar-refractivity contribution in [2.75, 3.05) is 18.9 Å². The summed E-state index contributed by atoms with van der Waals surface area (Å²) in [4.78, 5) is 62.1. The number of hydrogen-bond acceptors (Lipinski definition) is 18. The van der Waals surface area contributed by atoms with Crippen LogP contribution in [0.1, 0.15) is 33.9 Å². The van der Waals surface area contributed by atoms with Crippen LogP contribution in [0.4, 0.5) is 14.6 Å². The van der Waals surface area contributed by atoms with Gasteiger partial charge in [-0.2, -0.15) is 0 Å². The lowest BCUT2D eigenvalue weighted by atomic mass is 10.1. The predicted octanol–water partition coefficient (Wildman–Crippen LogP) is 3.62. The van der Waals surface area contributed by atoms with Gasteiger partial charge in [-0.25, -0.2) is 42.5 Å². The smallest absolute Gasteiger partial charge is 0.472 e. The number of carbonyl (C=O) groups is 1. The Morgan fingerprint density at radius 3 is 2.35 bits per heavy atom. The summed E-state index contributed by atoms with van der Waals surface area (Å²) in [5.41, 5.74) is 5.43. The van der Waals surface area contributed by atoms with E-state index >= 15 is 8.78 Å². The highest BCUT2D eigenvalue weighted by Crippen LogP contribution is 2.65. The normalized spacial score (nSPS) is 30.9. The molecule has 2 aromatic carbocycles. The molecule has 0 amide bonds. The molecule has 3 aromatic heterocycles. The number of hydrogen-bond donors (Lipinski definition) is 4. The molecule has 21 nitrogen and oxygen atoms in total. The molecular weight excluding hydrogens is 862 g/mol. The summed E-state index contributed by atoms with van der Waals surface area (Å²) in [6, 6.07) is 11.1. The van der Waals surface area contributed by atoms with Crippen LogP contribution >= 0.6 is 26.0 Å². The number of aromatic amines is 1. The summed E-state index contributed by atoms with van der Waals surface area (Å²) < 4.78 is 102. The molecule has 5 N–H and O–H groups in total. The van der Waals surface area contributed by atoms with E-state index in [0.717, 1.165) is 18.6 Å². The maximum absolute atomic E-state index is 16.6. The number of aromatic nitrogens is 6. The summed E-state index contributed by atoms with van der Waals surface area (Å²) in [7, 11) is -5.30. The summed E-state index contributed by atoms with van der Waals surface area (Å²) in [6.45, 7) is -4.94. The number of phenolic OH excluding ortho intramolecular Hbond substituents is 1. The second kappa shape index (κ2) is 16.5. The highest BCUT2D eigenvalue weighted by Gasteiger charge is 2.55. The number of anilines is 1. The molecule has 8 rings (SSSR count). The molecule has 60 heavy (non-hydrogen) atoms. The number of imidazole rings is 1. The van der Waals surface area contributed by atoms with Crippen molar-refractivity contribution in [3.05, 3.63) is 105 Å². The van der Waals surface area contributed by atoms with Crippen LogP contribution < -0.4 is 21.7 Å². The lowest BCUT2D eigenvalue weighted by molar-refractivity contribution is -0.0650. The standard InChI is InChI=1S/C34H33F2N7O14P2S/c1-16-10-18(44)4-7-20(16)33(46)53-19-5-2-17(3-6-19)13-60-59(50)52-12-22-24(35)27(31(54-22)42-9-8-23(45)41-34(42)47)56-58(48,49)51-11-21-25(36)28(57-59)32(55-21)43-15-40-26-29(37)38-14-39-30(26)43/h2-10,14-15,21-22,24-25,27-28,31-32,44H,11-13H2,1H3,(H,48,49)(H2,37,38,39)(H,41,45,47)/t21-,22-,24-,25-,27-,28-,31-,32-,59+/m1/s1. The van der Waals surface area contributed by atoms with E-state index in [1.54, 1.807) is 19.1 Å². The molecule has 5 aromatic rings. The highest BCUT2D eigenvalue weighted by molar-refractivity contribution is 8.54. The number of aromatic hydroxyl groups is 1. The molecule has 26 heteroatoms. The minimum atomic E-state index is -5.30. The zero-order chi connectivity index (χ0) is 42.5. The number of carbonyl (C=O) groups excluding carboxylic acids is 1. The molecule has 318 valence electrons. The van der Waals surface area contributed by atoms with Crippen molar-refractivity contribution in [2.45, 2.75) is 61.9 Å². The van der Waals surface area contributed by atoms with Gasteiger partial charge in [0.1, 0.15) is 47.8 Å². The number of phosphoric ester groups is 1. The maximum atomic E-state index is 16.6. The second-order valence-electron chi connectivity index (χ2n) is 13.6. The van der Waals surface area contributed by atoms with E-state index in [-0.39, 0.29) is 39.8 Å². The Balaban J connectivity index is 1.10. The van der Waals surface area contributed by atoms with Crippen LogP contribution in [0.25, 0.3) is 11.2 Å². The minimum absolute atomic E-state index is 0.0179. The number of halogens is 2. The van der Waals surface area contributed by atoms with Gasteiger partial charge >= 0.3 is 26.3 Å². The van der Waals surface area contributed by atoms with Crippen molar-refractivity contribution < 1.29 is 65.0 Å². The maximum Gasteiger partial charge on any atom is 0.472 e. The van der Waals surface area contributed by atoms with E-state index in [1.807, 2.05) is 4.98 Å². The molecular formula is C34H33F2N7O14P2S. The van der Waals surface area contributed by atoms with E-state index in [2.05, 4.69) is 15.0 Å². The lowest BCUT2D eigenvalue weighted by Crippen LogP contribution is -2.38. The van der Waals surface area contributed by atoms with Crippen LogP contribution in [0.3, 0.4) is 0 Å². The zero-order valence-corrected chi connectivity index (χ0v) is 33.4. The van der Waals surface area contributed by atoms with Crippen molar-refractivity contribution in [1.29, 1.82) is 0 Å². The number of nitrogens with one attached hydrogen (secondary N) is 1. The van der Waals surface area contributed by atoms with Crippen LogP contribution in [-0.2, 0) is 42.5 Å². The number of phosphoric acid groups is 1. The quantitative estimate of drug-likeness (QED) is 0.103. The number of nitrogens with zero attached hydrogens (tertiary/aromatic N) is 5. The average molecular weight is 896 g/mol. The number of benzene rings is 2. The van der Waals surface area contributed by atoms with Crippen molar-refractivity contribution in [3.63, 3.8) is 0 Å². The number of alkyl halides is 2. The third-order valence-corrected chi connectivity index (χ3v) is 14.2. The Labute approximate surface area is 339 Å². The van der Waals surface area contributed by atoms with Crippen LogP contribution in [0.2, 0.25) is 0 Å². The van der Waals surface area contributed by atoms with E-state index in [1.165, 1.54) is 41.2 Å². The fourth-order valence-electron chi connectivity index (χ4n) is 6.63. The first kappa shape index (κ1) is 41.8. The SMILES string of the molecule is Cc1cc(O)ccc1C(=O)Oc1ccc(CS[P@@]2(=O)OC[C@H]3O[C@@H](n4ccc(=O)[nH]c4=O)[C@H](OP(=O)(O)OC[C@H]4O[C@@H](n5cnc6c(N)ncnc65)[C@H](O2)[C@@H]4F)[C@@H]3F)cc1. The molecule has 0 radical (unpaired) electrons. The first-order valence-electron chi connectivity index (χ1n) is 17.8. The Kier molecular flexibility index (Phi) is 11.5. The molecule has 0 aliphatic carbocycles. The van der Waals surface area contributed by atoms with Crippen molar-refractivity contribution in [3.8, 4) is 11.5 Å². The molecule has 0 spiro atoms. The van der Waals surface area contributed by atoms with Gasteiger partial charge in [-0.05, 0) is 59.8 Å². The Morgan fingerprint density at radius 2 is 1.65 bits per heavy atom. The number of rotatable bonds is 7. The third-order valence-electron chi connectivity index (χ3n) is 9.57. The number of esters is 1. The molecule has 3 aliphatic rings. The van der Waals surface area contributed by atoms with Gasteiger partial charge in [0.2, 0.25) is 0 Å². The molecule has 3 fully saturated rings. The van der Waals surface area contributed by atoms with Crippen molar-refractivity contribution in [2.24, 2.45) is 0 Å². The Morgan fingerprint density at radius 1 is 0.967 bits per heavy atom. The Bertz CT molecular complexity index is 2660. The van der Waals surface area contributed by atoms with Gasteiger partial charge in [-0.15, -0.1) is 0 Å². The van der Waals surface area contributed by atoms with Gasteiger partial charge < -0.3 is 29.9 Å². The Hall–Kier alpha value is -4.87. The fraction of sp³-hybridized carbons (Fsp3) is 0.353. The average Bonchev–Trinajstić information content (AvgIpc) is 3.86. The fourth-order valence-corrected chi connectivity index (χ4v) is 10.9. The van der Waals surface area contributed by atoms with Gasteiger partial charge in [0.15, 0.2) is 36.3 Å². The summed E-state index contributed by atoms with van der Waals surface area (Å²) >= 11 is 0.573. The molecule has 0 saturated carbocycles. The van der Waals surface area contributed by atoms with Gasteiger partial charge in [0, 0.05) is 18.0 Å². The number of nitrogens with two attached hydrogens (primary N) is 1. The largest absolute Gasteiger partial charge is 0.508 e. The van der Waals surface area contributed by atoms with Crippen LogP contribution in [0.15, 0.2) is 77.0 Å². The number of ether oxygens (including phenoxy) is 3. The molecule has 10 atom stereocenters. The molecule has 6 heterocycles. The number of H-pyrrole nitrogens is 1. The molecule has 3 aliphatic heterocycles. The molecule has 4 bridgehead atoms. The predicted molar refractivity (Wildman–Crippen MR) is 203 cm³/mol. The first-order chi connectivity index (χ1) is 28.6. The molecule has 3 saturated heterocycles. The third kappa shape index (κ3) is 8.53. The van der Waals surface area contributed by atoms with E-state index < -0.39 is 94.3 Å². The number of aryl methyl sites for hydroxylation is 1. The minimum Gasteiger partial charge on any atom is -0.508 e. The van der Waals surface area contributed by atoms with Gasteiger partial charge in [-0.3, -0.25) is 37.0 Å². The first-order valence-corrected chi connectivity index (χ1v) is 22.4. The second-order valence-corrected chi connectivity index (χ2v) is 19.0. The van der Waals surface area contributed by atoms with Gasteiger partial charge in [-0.1, -0.05) is 12.1 Å². The van der Waals surface area contributed by atoms with Crippen molar-refractivity contribution in [1.82, 2.24) is 29.1 Å². The number of nitrogen functional groups attached to an aromatic ring is 1. The topological polar surface area (TPSA) is 281 Å². The number of fused-ring (bicyclic) bond motifs is 5. The highest BCUT2D eigenvalue weighted by atomic mass is 32.7. The van der Waals surface area contributed by atoms with Crippen molar-refractivity contribution >= 4 is 49.0 Å². The van der Waals surface area contributed by atoms with Crippen LogP contribution in [0.5, 0.6) is 11.5 Å². The lowest BCUT2D eigenvalue weighted by Gasteiger charge is -2.27. The molecule has 1 unspecified atom stereocenters.